The van der Waals surface area contributed by atoms with Gasteiger partial charge in [0, 0.05) is 12.1 Å². The minimum absolute atomic E-state index is 0.117. The molecule has 1 N–H and O–H groups in total. The summed E-state index contributed by atoms with van der Waals surface area (Å²) >= 11 is 1.50. The van der Waals surface area contributed by atoms with Gasteiger partial charge in [0.15, 0.2) is 5.76 Å². The van der Waals surface area contributed by atoms with Gasteiger partial charge in [-0.3, -0.25) is 14.2 Å². The second kappa shape index (κ2) is 9.14. The van der Waals surface area contributed by atoms with E-state index in [4.69, 9.17) is 9.15 Å². The fraction of sp³-hybridized carbons (Fsp3) is 0.150. The number of amides is 1. The Morgan fingerprint density at radius 3 is 2.80 bits per heavy atom. The molecule has 4 aromatic rings. The molecule has 0 aliphatic rings. The highest BCUT2D eigenvalue weighted by molar-refractivity contribution is 7.13. The Balaban J connectivity index is 1.23. The van der Waals surface area contributed by atoms with Crippen LogP contribution in [-0.2, 0) is 11.3 Å². The van der Waals surface area contributed by atoms with Crippen LogP contribution in [0.15, 0.2) is 69.6 Å². The maximum absolute atomic E-state index is 12.2. The third-order valence-corrected chi connectivity index (χ3v) is 4.95. The monoisotopic (exact) mass is 423 g/mol. The Morgan fingerprint density at radius 1 is 1.17 bits per heavy atom. The van der Waals surface area contributed by atoms with Gasteiger partial charge in [-0.05, 0) is 29.6 Å². The molecule has 9 nitrogen and oxygen atoms in total. The lowest BCUT2D eigenvalue weighted by Gasteiger charge is -2.08. The lowest BCUT2D eigenvalue weighted by Crippen LogP contribution is -2.34. The van der Waals surface area contributed by atoms with Gasteiger partial charge >= 0.3 is 0 Å². The first-order chi connectivity index (χ1) is 14.7. The van der Waals surface area contributed by atoms with Crippen LogP contribution >= 0.6 is 11.3 Å². The molecular formula is C20H17N5O4S. The number of aromatic nitrogens is 4. The van der Waals surface area contributed by atoms with Crippen LogP contribution in [0.4, 0.5) is 0 Å². The number of thiophene rings is 1. The van der Waals surface area contributed by atoms with Crippen LogP contribution in [0.3, 0.4) is 0 Å². The predicted molar refractivity (Wildman–Crippen MR) is 110 cm³/mol. The van der Waals surface area contributed by atoms with Gasteiger partial charge in [-0.25, -0.2) is 4.98 Å². The number of hydrogen-bond donors (Lipinski definition) is 1. The Bertz CT molecular complexity index is 1150. The van der Waals surface area contributed by atoms with E-state index in [-0.39, 0.29) is 31.2 Å². The first-order valence-corrected chi connectivity index (χ1v) is 9.94. The highest BCUT2D eigenvalue weighted by atomic mass is 32.1. The molecular weight excluding hydrogens is 406 g/mol. The number of nitrogens with zero attached hydrogens (tertiary/aromatic N) is 4. The third-order valence-electron chi connectivity index (χ3n) is 4.05. The summed E-state index contributed by atoms with van der Waals surface area (Å²) < 4.78 is 12.0. The van der Waals surface area contributed by atoms with Gasteiger partial charge in [0.05, 0.1) is 29.7 Å². The molecule has 0 spiro atoms. The van der Waals surface area contributed by atoms with Crippen molar-refractivity contribution in [2.24, 2.45) is 0 Å². The summed E-state index contributed by atoms with van der Waals surface area (Å²) in [5.74, 6) is 0.643. The SMILES string of the molecule is O=C(Cn1cnc(-c2cccs2)cc1=O)NCCOc1ccc(-c2ccco2)nn1. The van der Waals surface area contributed by atoms with E-state index in [2.05, 4.69) is 20.5 Å². The first-order valence-electron chi connectivity index (χ1n) is 9.06. The lowest BCUT2D eigenvalue weighted by molar-refractivity contribution is -0.121. The average Bonchev–Trinajstić information content (AvgIpc) is 3.47. The van der Waals surface area contributed by atoms with Crippen LogP contribution in [-0.4, -0.2) is 38.8 Å². The molecule has 4 rings (SSSR count). The summed E-state index contributed by atoms with van der Waals surface area (Å²) in [4.78, 5) is 29.4. The van der Waals surface area contributed by atoms with Gasteiger partial charge in [-0.2, -0.15) is 0 Å². The number of ether oxygens (including phenoxy) is 1. The highest BCUT2D eigenvalue weighted by Gasteiger charge is 2.08. The zero-order chi connectivity index (χ0) is 20.8. The molecule has 0 fully saturated rings. The van der Waals surface area contributed by atoms with Crippen LogP contribution in [0.5, 0.6) is 5.88 Å². The Labute approximate surface area is 175 Å². The average molecular weight is 423 g/mol. The Hall–Kier alpha value is -3.79. The van der Waals surface area contributed by atoms with Crippen molar-refractivity contribution in [3.63, 3.8) is 0 Å². The van der Waals surface area contributed by atoms with Crippen molar-refractivity contribution < 1.29 is 13.9 Å². The summed E-state index contributed by atoms with van der Waals surface area (Å²) in [6.45, 7) is 0.356. The van der Waals surface area contributed by atoms with Crippen molar-refractivity contribution in [2.75, 3.05) is 13.2 Å². The zero-order valence-corrected chi connectivity index (χ0v) is 16.5. The van der Waals surface area contributed by atoms with Crippen LogP contribution in [0, 0.1) is 0 Å². The van der Waals surface area contributed by atoms with E-state index in [0.29, 0.717) is 23.0 Å². The van der Waals surface area contributed by atoms with E-state index in [1.54, 1.807) is 30.5 Å². The summed E-state index contributed by atoms with van der Waals surface area (Å²) in [6.07, 6.45) is 2.94. The minimum atomic E-state index is -0.314. The number of rotatable bonds is 8. The molecule has 1 amide bonds. The van der Waals surface area contributed by atoms with E-state index >= 15 is 0 Å². The van der Waals surface area contributed by atoms with Crippen LogP contribution < -0.4 is 15.6 Å². The standard InChI is InChI=1S/C20H17N5O4S/c26-18(12-25-13-22-15(11-20(25)27)17-4-2-10-30-17)21-7-9-29-19-6-5-14(23-24-19)16-3-1-8-28-16/h1-6,8,10-11,13H,7,9,12H2,(H,21,26). The number of carbonyl (C=O) groups excluding carboxylic acids is 1. The van der Waals surface area contributed by atoms with Crippen LogP contribution in [0.2, 0.25) is 0 Å². The molecule has 0 aliphatic heterocycles. The predicted octanol–water partition coefficient (Wildman–Crippen LogP) is 2.22. The highest BCUT2D eigenvalue weighted by Crippen LogP contribution is 2.20. The van der Waals surface area contributed by atoms with Crippen molar-refractivity contribution in [3.8, 4) is 27.9 Å². The molecule has 4 heterocycles. The van der Waals surface area contributed by atoms with E-state index in [0.717, 1.165) is 4.88 Å². The van der Waals surface area contributed by atoms with Gasteiger partial charge in [0.2, 0.25) is 11.8 Å². The van der Waals surface area contributed by atoms with Gasteiger partial charge in [-0.15, -0.1) is 21.5 Å². The summed E-state index contributed by atoms with van der Waals surface area (Å²) in [5.41, 5.74) is 0.913. The second-order valence-electron chi connectivity index (χ2n) is 6.15. The maximum atomic E-state index is 12.2. The molecule has 0 unspecified atom stereocenters. The number of nitrogens with one attached hydrogen (secondary N) is 1. The second-order valence-corrected chi connectivity index (χ2v) is 7.10. The maximum Gasteiger partial charge on any atom is 0.254 e. The van der Waals surface area contributed by atoms with E-state index < -0.39 is 0 Å². The molecule has 0 saturated carbocycles. The van der Waals surface area contributed by atoms with E-state index in [1.165, 1.54) is 28.3 Å². The summed E-state index contributed by atoms with van der Waals surface area (Å²) in [7, 11) is 0. The van der Waals surface area contributed by atoms with Gasteiger partial charge < -0.3 is 14.5 Å². The van der Waals surface area contributed by atoms with E-state index in [9.17, 15) is 9.59 Å². The fourth-order valence-corrected chi connectivity index (χ4v) is 3.31. The molecule has 0 radical (unpaired) electrons. The van der Waals surface area contributed by atoms with E-state index in [1.807, 2.05) is 17.5 Å². The topological polar surface area (TPSA) is 112 Å². The molecule has 0 aliphatic carbocycles. The molecule has 10 heteroatoms. The molecule has 0 aromatic carbocycles. The number of carbonyl (C=O) groups is 1. The Morgan fingerprint density at radius 2 is 2.10 bits per heavy atom. The van der Waals surface area contributed by atoms with Crippen molar-refractivity contribution >= 4 is 17.2 Å². The number of furan rings is 1. The normalized spacial score (nSPS) is 10.7. The van der Waals surface area contributed by atoms with Gasteiger partial charge in [0.1, 0.15) is 18.8 Å². The molecule has 30 heavy (non-hydrogen) atoms. The summed E-state index contributed by atoms with van der Waals surface area (Å²) in [6, 6.07) is 12.2. The van der Waals surface area contributed by atoms with Gasteiger partial charge in [0.25, 0.3) is 5.56 Å². The van der Waals surface area contributed by atoms with Crippen LogP contribution in [0.25, 0.3) is 22.0 Å². The quantitative estimate of drug-likeness (QED) is 0.433. The number of hydrogen-bond acceptors (Lipinski definition) is 8. The lowest BCUT2D eigenvalue weighted by atomic mass is 10.3. The van der Waals surface area contributed by atoms with Crippen molar-refractivity contribution in [2.45, 2.75) is 6.54 Å². The van der Waals surface area contributed by atoms with Crippen molar-refractivity contribution in [1.82, 2.24) is 25.1 Å². The minimum Gasteiger partial charge on any atom is -0.475 e. The van der Waals surface area contributed by atoms with Gasteiger partial charge in [-0.1, -0.05) is 6.07 Å². The molecule has 4 aromatic heterocycles. The summed E-state index contributed by atoms with van der Waals surface area (Å²) in [5, 5.41) is 12.6. The van der Waals surface area contributed by atoms with Crippen molar-refractivity contribution in [1.29, 1.82) is 0 Å². The fourth-order valence-electron chi connectivity index (χ4n) is 2.61. The Kier molecular flexibility index (Phi) is 5.95. The van der Waals surface area contributed by atoms with Crippen LogP contribution in [0.1, 0.15) is 0 Å². The zero-order valence-electron chi connectivity index (χ0n) is 15.7. The molecule has 0 bridgehead atoms. The smallest absolute Gasteiger partial charge is 0.254 e. The largest absolute Gasteiger partial charge is 0.475 e. The first kappa shape index (κ1) is 19.5. The molecule has 0 saturated heterocycles. The molecule has 0 atom stereocenters. The molecule has 152 valence electrons. The third kappa shape index (κ3) is 4.78. The van der Waals surface area contributed by atoms with Crippen molar-refractivity contribution in [3.05, 3.63) is 70.8 Å².